The van der Waals surface area contributed by atoms with E-state index in [4.69, 9.17) is 0 Å². The van der Waals surface area contributed by atoms with Gasteiger partial charge in [0, 0.05) is 32.2 Å². The second kappa shape index (κ2) is 6.81. The summed E-state index contributed by atoms with van der Waals surface area (Å²) < 4.78 is 28.5. The molecule has 0 amide bonds. The Labute approximate surface area is 151 Å². The molecular weight excluding hydrogens is 354 g/mol. The van der Waals surface area contributed by atoms with Gasteiger partial charge in [-0.25, -0.2) is 28.1 Å². The van der Waals surface area contributed by atoms with E-state index in [-0.39, 0.29) is 0 Å². The zero-order chi connectivity index (χ0) is 18.0. The summed E-state index contributed by atoms with van der Waals surface area (Å²) in [6.07, 6.45) is 4.48. The summed E-state index contributed by atoms with van der Waals surface area (Å²) in [5, 5.41) is 4.06. The molecule has 0 bridgehead atoms. The minimum absolute atomic E-state index is 0.323. The smallest absolute Gasteiger partial charge is 0.243 e. The molecule has 0 saturated carbocycles. The molecule has 3 heterocycles. The van der Waals surface area contributed by atoms with Crippen molar-refractivity contribution < 1.29 is 8.42 Å². The molecule has 1 aliphatic rings. The third kappa shape index (κ3) is 3.16. The molecule has 3 aromatic rings. The largest absolute Gasteiger partial charge is 0.354 e. The van der Waals surface area contributed by atoms with E-state index < -0.39 is 10.0 Å². The van der Waals surface area contributed by atoms with Crippen LogP contribution >= 0.6 is 0 Å². The van der Waals surface area contributed by atoms with E-state index in [1.807, 2.05) is 11.0 Å². The highest BCUT2D eigenvalue weighted by atomic mass is 32.2. The third-order valence-electron chi connectivity index (χ3n) is 4.24. The fourth-order valence-corrected chi connectivity index (χ4v) is 4.30. The van der Waals surface area contributed by atoms with Gasteiger partial charge in [0.15, 0.2) is 5.82 Å². The maximum atomic E-state index is 12.7. The summed E-state index contributed by atoms with van der Waals surface area (Å²) in [5.74, 6) is 1.36. The molecule has 1 aliphatic heterocycles. The lowest BCUT2D eigenvalue weighted by molar-refractivity contribution is 0.383. The zero-order valence-corrected chi connectivity index (χ0v) is 14.7. The van der Waals surface area contributed by atoms with Crippen LogP contribution in [-0.2, 0) is 10.0 Å². The van der Waals surface area contributed by atoms with Gasteiger partial charge in [0.2, 0.25) is 10.0 Å². The Bertz CT molecular complexity index is 969. The van der Waals surface area contributed by atoms with Crippen LogP contribution in [0.2, 0.25) is 0 Å². The number of piperazine rings is 1. The minimum atomic E-state index is -3.46. The SMILES string of the molecule is O=S(=O)(c1ccccc1)N1CCN(c2cc(-n3cncn3)ncn2)CC1. The normalized spacial score (nSPS) is 15.9. The molecule has 0 spiro atoms. The number of benzene rings is 1. The lowest BCUT2D eigenvalue weighted by atomic mass is 10.3. The number of sulfonamides is 1. The van der Waals surface area contributed by atoms with E-state index in [9.17, 15) is 8.42 Å². The van der Waals surface area contributed by atoms with Crippen LogP contribution in [0.5, 0.6) is 0 Å². The lowest BCUT2D eigenvalue weighted by Crippen LogP contribution is -2.48. The van der Waals surface area contributed by atoms with E-state index in [2.05, 4.69) is 20.1 Å². The molecule has 1 fully saturated rings. The molecule has 0 aliphatic carbocycles. The monoisotopic (exact) mass is 371 g/mol. The molecule has 1 aromatic carbocycles. The van der Waals surface area contributed by atoms with Crippen molar-refractivity contribution in [3.05, 3.63) is 55.4 Å². The summed E-state index contributed by atoms with van der Waals surface area (Å²) in [7, 11) is -3.46. The highest BCUT2D eigenvalue weighted by Gasteiger charge is 2.28. The highest BCUT2D eigenvalue weighted by Crippen LogP contribution is 2.20. The lowest BCUT2D eigenvalue weighted by Gasteiger charge is -2.34. The molecule has 10 heteroatoms. The van der Waals surface area contributed by atoms with Crippen LogP contribution in [-0.4, -0.2) is 63.6 Å². The topological polar surface area (TPSA) is 97.1 Å². The predicted molar refractivity (Wildman–Crippen MR) is 94.4 cm³/mol. The Morgan fingerprint density at radius 1 is 0.885 bits per heavy atom. The Hall–Kier alpha value is -2.85. The van der Waals surface area contributed by atoms with E-state index >= 15 is 0 Å². The van der Waals surface area contributed by atoms with Crippen LogP contribution in [0.4, 0.5) is 5.82 Å². The van der Waals surface area contributed by atoms with Crippen molar-refractivity contribution in [3.63, 3.8) is 0 Å². The van der Waals surface area contributed by atoms with Gasteiger partial charge in [-0.3, -0.25) is 0 Å². The molecule has 0 radical (unpaired) electrons. The quantitative estimate of drug-likeness (QED) is 0.661. The molecular formula is C16H17N7O2S. The van der Waals surface area contributed by atoms with E-state index in [1.165, 1.54) is 17.0 Å². The van der Waals surface area contributed by atoms with Gasteiger partial charge in [0.25, 0.3) is 0 Å². The molecule has 1 saturated heterocycles. The van der Waals surface area contributed by atoms with Gasteiger partial charge in [0.1, 0.15) is 24.8 Å². The van der Waals surface area contributed by atoms with Gasteiger partial charge < -0.3 is 4.90 Å². The van der Waals surface area contributed by atoms with Crippen molar-refractivity contribution in [2.24, 2.45) is 0 Å². The van der Waals surface area contributed by atoms with Gasteiger partial charge in [-0.05, 0) is 12.1 Å². The van der Waals surface area contributed by atoms with Crippen LogP contribution in [0, 0.1) is 0 Å². The maximum absolute atomic E-state index is 12.7. The molecule has 26 heavy (non-hydrogen) atoms. The summed E-state index contributed by atoms with van der Waals surface area (Å²) in [5.41, 5.74) is 0. The van der Waals surface area contributed by atoms with Crippen LogP contribution in [0.25, 0.3) is 5.82 Å². The maximum Gasteiger partial charge on any atom is 0.243 e. The van der Waals surface area contributed by atoms with E-state index in [0.29, 0.717) is 36.9 Å². The number of hydrogen-bond donors (Lipinski definition) is 0. The van der Waals surface area contributed by atoms with Gasteiger partial charge in [-0.15, -0.1) is 0 Å². The van der Waals surface area contributed by atoms with Crippen molar-refractivity contribution in [2.45, 2.75) is 4.90 Å². The number of rotatable bonds is 4. The predicted octanol–water partition coefficient (Wildman–Crippen LogP) is 0.568. The van der Waals surface area contributed by atoms with Crippen molar-refractivity contribution in [2.75, 3.05) is 31.1 Å². The summed E-state index contributed by atoms with van der Waals surface area (Å²) in [6, 6.07) is 10.3. The van der Waals surface area contributed by atoms with Crippen molar-refractivity contribution in [1.29, 1.82) is 0 Å². The fourth-order valence-electron chi connectivity index (χ4n) is 2.86. The first kappa shape index (κ1) is 16.6. The van der Waals surface area contributed by atoms with Crippen LogP contribution in [0.3, 0.4) is 0 Å². The molecule has 9 nitrogen and oxygen atoms in total. The summed E-state index contributed by atoms with van der Waals surface area (Å²) >= 11 is 0. The second-order valence-electron chi connectivity index (χ2n) is 5.78. The first-order valence-electron chi connectivity index (χ1n) is 8.12. The van der Waals surface area contributed by atoms with Crippen molar-refractivity contribution in [3.8, 4) is 5.82 Å². The molecule has 0 N–H and O–H groups in total. The average Bonchev–Trinajstić information content (AvgIpc) is 3.24. The van der Waals surface area contributed by atoms with Gasteiger partial charge in [-0.1, -0.05) is 18.2 Å². The number of anilines is 1. The molecule has 134 valence electrons. The third-order valence-corrected chi connectivity index (χ3v) is 6.15. The standard InChI is InChI=1S/C16H17N7O2S/c24-26(25,14-4-2-1-3-5-14)22-8-6-21(7-9-22)15-10-16(19-12-18-15)23-13-17-11-20-23/h1-5,10-13H,6-9H2. The first-order valence-corrected chi connectivity index (χ1v) is 9.56. The van der Waals surface area contributed by atoms with E-state index in [0.717, 1.165) is 5.82 Å². The average molecular weight is 371 g/mol. The minimum Gasteiger partial charge on any atom is -0.354 e. The van der Waals surface area contributed by atoms with Crippen molar-refractivity contribution in [1.82, 2.24) is 29.0 Å². The summed E-state index contributed by atoms with van der Waals surface area (Å²) in [4.78, 5) is 14.8. The molecule has 0 unspecified atom stereocenters. The van der Waals surface area contributed by atoms with Crippen molar-refractivity contribution >= 4 is 15.8 Å². The van der Waals surface area contributed by atoms with Gasteiger partial charge in [0.05, 0.1) is 4.90 Å². The zero-order valence-electron chi connectivity index (χ0n) is 13.9. The number of nitrogens with zero attached hydrogens (tertiary/aromatic N) is 7. The van der Waals surface area contributed by atoms with E-state index in [1.54, 1.807) is 41.3 Å². The molecule has 4 rings (SSSR count). The Kier molecular flexibility index (Phi) is 4.35. The highest BCUT2D eigenvalue weighted by molar-refractivity contribution is 7.89. The fraction of sp³-hybridized carbons (Fsp3) is 0.250. The Balaban J connectivity index is 1.48. The van der Waals surface area contributed by atoms with Crippen LogP contribution in [0.15, 0.2) is 60.3 Å². The van der Waals surface area contributed by atoms with Crippen LogP contribution in [0.1, 0.15) is 0 Å². The van der Waals surface area contributed by atoms with Gasteiger partial charge >= 0.3 is 0 Å². The summed E-state index contributed by atoms with van der Waals surface area (Å²) in [6.45, 7) is 1.92. The van der Waals surface area contributed by atoms with Gasteiger partial charge in [-0.2, -0.15) is 9.40 Å². The van der Waals surface area contributed by atoms with Crippen LogP contribution < -0.4 is 4.90 Å². The number of aromatic nitrogens is 5. The molecule has 0 atom stereocenters. The molecule has 2 aromatic heterocycles. The number of hydrogen-bond acceptors (Lipinski definition) is 7. The first-order chi connectivity index (χ1) is 12.6. The second-order valence-corrected chi connectivity index (χ2v) is 7.72. The Morgan fingerprint density at radius 3 is 2.31 bits per heavy atom. The Morgan fingerprint density at radius 2 is 1.62 bits per heavy atom.